The smallest absolute Gasteiger partial charge is 0.224 e. The first-order valence-corrected chi connectivity index (χ1v) is 6.62. The van der Waals surface area contributed by atoms with Crippen LogP contribution >= 0.6 is 31.9 Å². The predicted octanol–water partition coefficient (Wildman–Crippen LogP) is 3.39. The first-order chi connectivity index (χ1) is 8.58. The van der Waals surface area contributed by atoms with Gasteiger partial charge >= 0.3 is 0 Å². The Morgan fingerprint density at radius 1 is 1.22 bits per heavy atom. The van der Waals surface area contributed by atoms with Crippen molar-refractivity contribution < 1.29 is 4.74 Å². The fourth-order valence-corrected chi connectivity index (χ4v) is 2.47. The van der Waals surface area contributed by atoms with Gasteiger partial charge in [-0.1, -0.05) is 15.9 Å². The van der Waals surface area contributed by atoms with Crippen molar-refractivity contribution in [2.45, 2.75) is 6.92 Å². The van der Waals surface area contributed by atoms with Gasteiger partial charge in [0, 0.05) is 10.5 Å². The van der Waals surface area contributed by atoms with Gasteiger partial charge in [0.15, 0.2) is 0 Å². The summed E-state index contributed by atoms with van der Waals surface area (Å²) in [6, 6.07) is 7.24. The average Bonchev–Trinajstić information content (AvgIpc) is 2.32. The van der Waals surface area contributed by atoms with Crippen LogP contribution < -0.4 is 16.0 Å². The van der Waals surface area contributed by atoms with Crippen LogP contribution in [0.2, 0.25) is 0 Å². The number of hydrogen-bond acceptors (Lipinski definition) is 5. The number of anilines is 1. The maximum absolute atomic E-state index is 5.67. The number of nitrogens with two attached hydrogens (primary N) is 1. The molecule has 0 aliphatic heterocycles. The molecule has 94 valence electrons. The van der Waals surface area contributed by atoms with Gasteiger partial charge in [0.2, 0.25) is 5.88 Å². The quantitative estimate of drug-likeness (QED) is 0.637. The summed E-state index contributed by atoms with van der Waals surface area (Å²) in [5, 5.41) is 0. The first-order valence-electron chi connectivity index (χ1n) is 5.03. The minimum Gasteiger partial charge on any atom is -0.438 e. The van der Waals surface area contributed by atoms with Crippen LogP contribution in [0.5, 0.6) is 11.6 Å². The van der Waals surface area contributed by atoms with E-state index in [1.165, 1.54) is 0 Å². The molecule has 0 aliphatic carbocycles. The highest BCUT2D eigenvalue weighted by Crippen LogP contribution is 2.31. The number of rotatable bonds is 3. The maximum Gasteiger partial charge on any atom is 0.224 e. The molecular weight excluding hydrogens is 364 g/mol. The van der Waals surface area contributed by atoms with Crippen LogP contribution in [0.4, 0.5) is 5.82 Å². The van der Waals surface area contributed by atoms with Gasteiger partial charge in [0.05, 0.1) is 4.47 Å². The van der Waals surface area contributed by atoms with Crippen LogP contribution in [0.1, 0.15) is 5.82 Å². The molecule has 0 amide bonds. The number of nitrogens with one attached hydrogen (secondary N) is 1. The van der Waals surface area contributed by atoms with Gasteiger partial charge in [-0.3, -0.25) is 0 Å². The molecule has 0 radical (unpaired) electrons. The molecule has 2 rings (SSSR count). The summed E-state index contributed by atoms with van der Waals surface area (Å²) in [7, 11) is 0. The van der Waals surface area contributed by atoms with E-state index in [2.05, 4.69) is 47.3 Å². The normalized spacial score (nSPS) is 10.2. The Morgan fingerprint density at radius 3 is 2.67 bits per heavy atom. The van der Waals surface area contributed by atoms with E-state index in [0.29, 0.717) is 23.3 Å². The number of halogens is 2. The van der Waals surface area contributed by atoms with Gasteiger partial charge < -0.3 is 10.2 Å². The predicted molar refractivity (Wildman–Crippen MR) is 76.5 cm³/mol. The third-order valence-corrected chi connectivity index (χ3v) is 3.18. The Balaban J connectivity index is 2.30. The lowest BCUT2D eigenvalue weighted by molar-refractivity contribution is 0.457. The lowest BCUT2D eigenvalue weighted by Crippen LogP contribution is -2.09. The van der Waals surface area contributed by atoms with Crippen LogP contribution in [0.3, 0.4) is 0 Å². The summed E-state index contributed by atoms with van der Waals surface area (Å²) >= 11 is 6.80. The molecular formula is C11H10Br2N4O. The van der Waals surface area contributed by atoms with Gasteiger partial charge in [-0.2, -0.15) is 4.98 Å². The SMILES string of the molecule is Cc1nc(NN)cc(Oc2ccc(Br)cc2Br)n1. The molecule has 5 nitrogen and oxygen atoms in total. The molecule has 0 unspecified atom stereocenters. The summed E-state index contributed by atoms with van der Waals surface area (Å²) in [6.07, 6.45) is 0. The Kier molecular flexibility index (Phi) is 4.15. The van der Waals surface area contributed by atoms with Crippen molar-refractivity contribution >= 4 is 37.7 Å². The van der Waals surface area contributed by atoms with Crippen LogP contribution in [-0.2, 0) is 0 Å². The minimum atomic E-state index is 0.429. The van der Waals surface area contributed by atoms with Crippen molar-refractivity contribution in [2.75, 3.05) is 5.43 Å². The lowest BCUT2D eigenvalue weighted by Gasteiger charge is -2.09. The second-order valence-electron chi connectivity index (χ2n) is 3.46. The van der Waals surface area contributed by atoms with E-state index in [1.54, 1.807) is 13.0 Å². The zero-order chi connectivity index (χ0) is 13.1. The van der Waals surface area contributed by atoms with Crippen molar-refractivity contribution in [1.29, 1.82) is 0 Å². The van der Waals surface area contributed by atoms with Crippen molar-refractivity contribution in [3.8, 4) is 11.6 Å². The van der Waals surface area contributed by atoms with Crippen molar-refractivity contribution in [3.05, 3.63) is 39.0 Å². The van der Waals surface area contributed by atoms with Crippen LogP contribution in [0.15, 0.2) is 33.2 Å². The summed E-state index contributed by atoms with van der Waals surface area (Å²) in [6.45, 7) is 1.77. The fraction of sp³-hybridized carbons (Fsp3) is 0.0909. The summed E-state index contributed by atoms with van der Waals surface area (Å²) in [5.74, 6) is 7.50. The molecule has 3 N–H and O–H groups in total. The van der Waals surface area contributed by atoms with Gasteiger partial charge in [-0.15, -0.1) is 0 Å². The number of hydrogen-bond donors (Lipinski definition) is 2. The molecule has 18 heavy (non-hydrogen) atoms. The van der Waals surface area contributed by atoms with E-state index in [1.807, 2.05) is 18.2 Å². The number of ether oxygens (including phenoxy) is 1. The fourth-order valence-electron chi connectivity index (χ4n) is 1.34. The van der Waals surface area contributed by atoms with Crippen molar-refractivity contribution in [3.63, 3.8) is 0 Å². The maximum atomic E-state index is 5.67. The molecule has 0 aliphatic rings. The molecule has 1 aromatic heterocycles. The number of aromatic nitrogens is 2. The third-order valence-electron chi connectivity index (χ3n) is 2.07. The average molecular weight is 374 g/mol. The van der Waals surface area contributed by atoms with E-state index in [4.69, 9.17) is 10.6 Å². The molecule has 2 aromatic rings. The van der Waals surface area contributed by atoms with Crippen LogP contribution in [-0.4, -0.2) is 9.97 Å². The first kappa shape index (κ1) is 13.3. The van der Waals surface area contributed by atoms with Crippen LogP contribution in [0, 0.1) is 6.92 Å². The second kappa shape index (κ2) is 5.64. The highest BCUT2D eigenvalue weighted by molar-refractivity contribution is 9.11. The summed E-state index contributed by atoms with van der Waals surface area (Å²) < 4.78 is 7.47. The molecule has 0 saturated heterocycles. The molecule has 0 saturated carbocycles. The van der Waals surface area contributed by atoms with E-state index >= 15 is 0 Å². The van der Waals surface area contributed by atoms with Gasteiger partial charge in [0.25, 0.3) is 0 Å². The standard InChI is InChI=1S/C11H10Br2N4O/c1-6-15-10(17-14)5-11(16-6)18-9-3-2-7(12)4-8(9)13/h2-5H,14H2,1H3,(H,15,16,17). The second-order valence-corrected chi connectivity index (χ2v) is 5.23. The largest absolute Gasteiger partial charge is 0.438 e. The lowest BCUT2D eigenvalue weighted by atomic mass is 10.3. The molecule has 1 heterocycles. The van der Waals surface area contributed by atoms with E-state index in [-0.39, 0.29) is 0 Å². The number of hydrazine groups is 1. The van der Waals surface area contributed by atoms with Gasteiger partial charge in [-0.05, 0) is 41.1 Å². The zero-order valence-corrected chi connectivity index (χ0v) is 12.6. The third kappa shape index (κ3) is 3.18. The van der Waals surface area contributed by atoms with Crippen LogP contribution in [0.25, 0.3) is 0 Å². The van der Waals surface area contributed by atoms with E-state index in [0.717, 1.165) is 8.95 Å². The van der Waals surface area contributed by atoms with Gasteiger partial charge in [0.1, 0.15) is 17.4 Å². The summed E-state index contributed by atoms with van der Waals surface area (Å²) in [4.78, 5) is 8.26. The molecule has 0 bridgehead atoms. The number of nitrogen functional groups attached to an aromatic ring is 1. The Bertz CT molecular complexity index is 577. The zero-order valence-electron chi connectivity index (χ0n) is 9.45. The molecule has 0 fully saturated rings. The number of benzene rings is 1. The van der Waals surface area contributed by atoms with Gasteiger partial charge in [-0.25, -0.2) is 10.8 Å². The molecule has 0 atom stereocenters. The highest BCUT2D eigenvalue weighted by atomic mass is 79.9. The Hall–Kier alpha value is -1.18. The molecule has 0 spiro atoms. The highest BCUT2D eigenvalue weighted by Gasteiger charge is 2.06. The Labute approximate surface area is 121 Å². The topological polar surface area (TPSA) is 73.1 Å². The Morgan fingerprint density at radius 2 is 2.00 bits per heavy atom. The summed E-state index contributed by atoms with van der Waals surface area (Å²) in [5.41, 5.74) is 2.47. The minimum absolute atomic E-state index is 0.429. The monoisotopic (exact) mass is 372 g/mol. The molecule has 7 heteroatoms. The number of aryl methyl sites for hydroxylation is 1. The van der Waals surface area contributed by atoms with E-state index in [9.17, 15) is 0 Å². The number of nitrogens with zero attached hydrogens (tertiary/aromatic N) is 2. The van der Waals surface area contributed by atoms with Crippen molar-refractivity contribution in [2.24, 2.45) is 5.84 Å². The van der Waals surface area contributed by atoms with E-state index < -0.39 is 0 Å². The molecule has 1 aromatic carbocycles. The van der Waals surface area contributed by atoms with Crippen molar-refractivity contribution in [1.82, 2.24) is 9.97 Å².